The number of rotatable bonds is 6. The van der Waals surface area contributed by atoms with Gasteiger partial charge in [0.2, 0.25) is 0 Å². The molecule has 0 atom stereocenters. The van der Waals surface area contributed by atoms with Crippen LogP contribution in [0, 0.1) is 0 Å². The predicted molar refractivity (Wildman–Crippen MR) is 134 cm³/mol. The van der Waals surface area contributed by atoms with Gasteiger partial charge in [-0.3, -0.25) is 19.4 Å². The Balaban J connectivity index is 1.30. The van der Waals surface area contributed by atoms with E-state index >= 15 is 0 Å². The van der Waals surface area contributed by atoms with Crippen LogP contribution in [0.1, 0.15) is 69.9 Å². The lowest BCUT2D eigenvalue weighted by Gasteiger charge is -2.21. The van der Waals surface area contributed by atoms with Gasteiger partial charge in [-0.05, 0) is 60.2 Å². The topological polar surface area (TPSA) is 101 Å². The molecule has 7 nitrogen and oxygen atoms in total. The summed E-state index contributed by atoms with van der Waals surface area (Å²) in [7, 11) is 0. The number of hydrogen-bond donors (Lipinski definition) is 1. The monoisotopic (exact) mass is 478 g/mol. The molecular formula is C29H26N4O3. The molecular weight excluding hydrogens is 452 g/mol. The Hall–Kier alpha value is -4.26. The average molecular weight is 479 g/mol. The number of carbonyl (C=O) groups is 3. The van der Waals surface area contributed by atoms with Gasteiger partial charge in [-0.15, -0.1) is 0 Å². The van der Waals surface area contributed by atoms with Gasteiger partial charge < -0.3 is 5.32 Å². The summed E-state index contributed by atoms with van der Waals surface area (Å²) in [6.45, 7) is 0.357. The number of ketones is 1. The molecule has 1 aliphatic carbocycles. The minimum atomic E-state index is -0.607. The summed E-state index contributed by atoms with van der Waals surface area (Å²) in [5.74, 6) is -0.619. The molecule has 3 aromatic rings. The first kappa shape index (κ1) is 23.5. The second-order valence-corrected chi connectivity index (χ2v) is 9.12. The first-order valence-corrected chi connectivity index (χ1v) is 12.2. The summed E-state index contributed by atoms with van der Waals surface area (Å²) in [5.41, 5.74) is 3.06. The van der Waals surface area contributed by atoms with Crippen molar-refractivity contribution in [3.8, 4) is 0 Å². The van der Waals surface area contributed by atoms with Gasteiger partial charge in [0.05, 0.1) is 10.7 Å². The van der Waals surface area contributed by atoms with Crippen LogP contribution < -0.4 is 16.0 Å². The molecule has 1 saturated carbocycles. The number of aromatic nitrogens is 1. The SMILES string of the molecule is O=C1N=c2cc(C(=O)NCc3ccncc3)ccc2=N/C1=C\C(=O)c1ccc(C2CCCCC2)cc1. The highest BCUT2D eigenvalue weighted by molar-refractivity contribution is 6.09. The van der Waals surface area contributed by atoms with Crippen molar-refractivity contribution in [2.24, 2.45) is 9.98 Å². The molecule has 0 bridgehead atoms. The number of hydrogen-bond acceptors (Lipinski definition) is 5. The fourth-order valence-corrected chi connectivity index (χ4v) is 4.64. The number of fused-ring (bicyclic) bond motifs is 1. The lowest BCUT2D eigenvalue weighted by molar-refractivity contribution is -0.114. The first-order valence-electron chi connectivity index (χ1n) is 12.2. The van der Waals surface area contributed by atoms with Crippen molar-refractivity contribution in [3.63, 3.8) is 0 Å². The molecule has 1 aliphatic heterocycles. The number of amides is 2. The highest BCUT2D eigenvalue weighted by Gasteiger charge is 2.18. The zero-order valence-corrected chi connectivity index (χ0v) is 19.8. The third-order valence-electron chi connectivity index (χ3n) is 6.66. The van der Waals surface area contributed by atoms with Gasteiger partial charge >= 0.3 is 0 Å². The van der Waals surface area contributed by atoms with Crippen LogP contribution in [0.5, 0.6) is 0 Å². The number of nitrogens with one attached hydrogen (secondary N) is 1. The van der Waals surface area contributed by atoms with E-state index in [9.17, 15) is 14.4 Å². The molecule has 0 saturated heterocycles. The second kappa shape index (κ2) is 10.6. The lowest BCUT2D eigenvalue weighted by atomic mass is 9.84. The van der Waals surface area contributed by atoms with Gasteiger partial charge in [-0.2, -0.15) is 0 Å². The van der Waals surface area contributed by atoms with E-state index in [0.29, 0.717) is 34.3 Å². The highest BCUT2D eigenvalue weighted by atomic mass is 16.2. The van der Waals surface area contributed by atoms with Gasteiger partial charge in [0, 0.05) is 36.1 Å². The summed E-state index contributed by atoms with van der Waals surface area (Å²) in [6.07, 6.45) is 10.8. The van der Waals surface area contributed by atoms with E-state index in [1.54, 1.807) is 24.5 Å². The van der Waals surface area contributed by atoms with Crippen LogP contribution in [0.2, 0.25) is 0 Å². The van der Waals surface area contributed by atoms with E-state index in [2.05, 4.69) is 20.3 Å². The third kappa shape index (κ3) is 5.35. The lowest BCUT2D eigenvalue weighted by Crippen LogP contribution is -2.33. The molecule has 1 N–H and O–H groups in total. The van der Waals surface area contributed by atoms with Crippen LogP contribution in [0.25, 0.3) is 0 Å². The Bertz CT molecular complexity index is 1450. The van der Waals surface area contributed by atoms with Crippen molar-refractivity contribution in [2.45, 2.75) is 44.6 Å². The summed E-state index contributed by atoms with van der Waals surface area (Å²) < 4.78 is 0. The zero-order chi connectivity index (χ0) is 24.9. The predicted octanol–water partition coefficient (Wildman–Crippen LogP) is 3.61. The van der Waals surface area contributed by atoms with Gasteiger partial charge in [0.15, 0.2) is 5.78 Å². The third-order valence-corrected chi connectivity index (χ3v) is 6.66. The maximum atomic E-state index is 12.8. The summed E-state index contributed by atoms with van der Waals surface area (Å²) in [4.78, 5) is 50.3. The molecule has 2 amide bonds. The molecule has 5 rings (SSSR count). The van der Waals surface area contributed by atoms with E-state index in [1.807, 2.05) is 36.4 Å². The molecule has 7 heteroatoms. The molecule has 2 aliphatic rings. The fraction of sp³-hybridized carbons (Fsp3) is 0.241. The van der Waals surface area contributed by atoms with Crippen molar-refractivity contribution in [1.82, 2.24) is 10.3 Å². The van der Waals surface area contributed by atoms with E-state index in [4.69, 9.17) is 0 Å². The van der Waals surface area contributed by atoms with E-state index in [0.717, 1.165) is 5.56 Å². The Morgan fingerprint density at radius 3 is 2.33 bits per heavy atom. The van der Waals surface area contributed by atoms with Crippen LogP contribution >= 0.6 is 0 Å². The Labute approximate surface area is 208 Å². The summed E-state index contributed by atoms with van der Waals surface area (Å²) >= 11 is 0. The largest absolute Gasteiger partial charge is 0.348 e. The molecule has 1 fully saturated rings. The van der Waals surface area contributed by atoms with Crippen LogP contribution in [0.15, 0.2) is 88.7 Å². The Morgan fingerprint density at radius 2 is 1.58 bits per heavy atom. The van der Waals surface area contributed by atoms with Crippen molar-refractivity contribution in [1.29, 1.82) is 0 Å². The second-order valence-electron chi connectivity index (χ2n) is 9.12. The molecule has 2 heterocycles. The van der Waals surface area contributed by atoms with Crippen LogP contribution in [0.4, 0.5) is 0 Å². The van der Waals surface area contributed by atoms with E-state index in [1.165, 1.54) is 49.8 Å². The number of benzene rings is 2. The number of allylic oxidation sites excluding steroid dienone is 1. The number of nitrogens with zero attached hydrogens (tertiary/aromatic N) is 3. The van der Waals surface area contributed by atoms with Crippen LogP contribution in [-0.2, 0) is 11.3 Å². The molecule has 2 aromatic carbocycles. The molecule has 180 valence electrons. The number of pyridine rings is 1. The molecule has 36 heavy (non-hydrogen) atoms. The molecule has 0 radical (unpaired) electrons. The fourth-order valence-electron chi connectivity index (χ4n) is 4.64. The average Bonchev–Trinajstić information content (AvgIpc) is 2.93. The summed E-state index contributed by atoms with van der Waals surface area (Å²) in [5, 5.41) is 3.57. The maximum Gasteiger partial charge on any atom is 0.296 e. The van der Waals surface area contributed by atoms with Crippen molar-refractivity contribution >= 4 is 17.6 Å². The summed E-state index contributed by atoms with van der Waals surface area (Å²) in [6, 6.07) is 16.1. The smallest absolute Gasteiger partial charge is 0.296 e. The zero-order valence-electron chi connectivity index (χ0n) is 19.8. The van der Waals surface area contributed by atoms with Crippen LogP contribution in [-0.4, -0.2) is 22.6 Å². The first-order chi connectivity index (χ1) is 17.6. The molecule has 1 aromatic heterocycles. The minimum absolute atomic E-state index is 0.0151. The quantitative estimate of drug-likeness (QED) is 0.432. The minimum Gasteiger partial charge on any atom is -0.348 e. The Kier molecular flexibility index (Phi) is 6.89. The normalized spacial score (nSPS) is 16.6. The standard InChI is InChI=1S/C29H26N4O3/c34-27(22-8-6-21(7-9-22)20-4-2-1-3-5-20)17-26-29(36)33-25-16-23(10-11-24(25)32-26)28(35)31-18-19-12-14-30-15-13-19/h6-17,20H,1-5,18H2,(H,31,35)/b26-17-. The molecule has 0 spiro atoms. The van der Waals surface area contributed by atoms with Crippen molar-refractivity contribution in [3.05, 3.63) is 112 Å². The maximum absolute atomic E-state index is 12.8. The van der Waals surface area contributed by atoms with E-state index in [-0.39, 0.29) is 17.4 Å². The van der Waals surface area contributed by atoms with Gasteiger partial charge in [0.25, 0.3) is 11.8 Å². The molecule has 0 unspecified atom stereocenters. The van der Waals surface area contributed by atoms with E-state index < -0.39 is 5.91 Å². The van der Waals surface area contributed by atoms with Gasteiger partial charge in [-0.1, -0.05) is 43.5 Å². The highest BCUT2D eigenvalue weighted by Crippen LogP contribution is 2.32. The Morgan fingerprint density at radius 1 is 0.861 bits per heavy atom. The van der Waals surface area contributed by atoms with Gasteiger partial charge in [0.1, 0.15) is 5.70 Å². The van der Waals surface area contributed by atoms with Crippen molar-refractivity contribution < 1.29 is 14.4 Å². The number of carbonyl (C=O) groups excluding carboxylic acids is 3. The van der Waals surface area contributed by atoms with Crippen LogP contribution in [0.3, 0.4) is 0 Å². The van der Waals surface area contributed by atoms with Crippen molar-refractivity contribution in [2.75, 3.05) is 0 Å². The van der Waals surface area contributed by atoms with Gasteiger partial charge in [-0.25, -0.2) is 9.98 Å².